The van der Waals surface area contributed by atoms with Crippen LogP contribution >= 0.6 is 0 Å². The maximum Gasteiger partial charge on any atom is 0.247 e. The molecule has 2 amide bonds. The molecule has 1 atom stereocenters. The lowest BCUT2D eigenvalue weighted by atomic mass is 10.0. The number of benzene rings is 1. The van der Waals surface area contributed by atoms with E-state index in [0.29, 0.717) is 13.0 Å². The minimum atomic E-state index is -0.284. The van der Waals surface area contributed by atoms with Gasteiger partial charge in [-0.25, -0.2) is 0 Å². The molecule has 3 rings (SSSR count). The number of nitrogens with zero attached hydrogens (tertiary/aromatic N) is 2. The fourth-order valence-electron chi connectivity index (χ4n) is 3.11. The van der Waals surface area contributed by atoms with Crippen LogP contribution in [-0.2, 0) is 16.1 Å². The molecule has 0 saturated carbocycles. The Morgan fingerprint density at radius 3 is 2.43 bits per heavy atom. The summed E-state index contributed by atoms with van der Waals surface area (Å²) < 4.78 is 0. The summed E-state index contributed by atoms with van der Waals surface area (Å²) in [5, 5.41) is 0. The van der Waals surface area contributed by atoms with Gasteiger partial charge in [-0.1, -0.05) is 30.3 Å². The van der Waals surface area contributed by atoms with Gasteiger partial charge in [0.2, 0.25) is 11.8 Å². The number of amides is 2. The summed E-state index contributed by atoms with van der Waals surface area (Å²) in [6.07, 6.45) is 2.11. The van der Waals surface area contributed by atoms with Crippen molar-refractivity contribution >= 4 is 11.8 Å². The van der Waals surface area contributed by atoms with E-state index in [-0.39, 0.29) is 23.9 Å². The molecule has 2 saturated heterocycles. The Balaban J connectivity index is 1.67. The first-order valence-electron chi connectivity index (χ1n) is 7.53. The zero-order valence-electron chi connectivity index (χ0n) is 12.1. The molecule has 0 radical (unpaired) electrons. The number of hydrogen-bond donors (Lipinski definition) is 1. The van der Waals surface area contributed by atoms with Crippen molar-refractivity contribution < 1.29 is 9.59 Å². The molecule has 0 unspecified atom stereocenters. The van der Waals surface area contributed by atoms with E-state index in [9.17, 15) is 9.59 Å². The van der Waals surface area contributed by atoms with E-state index in [1.54, 1.807) is 0 Å². The quantitative estimate of drug-likeness (QED) is 0.833. The zero-order chi connectivity index (χ0) is 14.8. The molecule has 112 valence electrons. The van der Waals surface area contributed by atoms with Crippen LogP contribution in [0.25, 0.3) is 0 Å². The minimum absolute atomic E-state index is 0.0562. The van der Waals surface area contributed by atoms with Crippen molar-refractivity contribution in [2.24, 2.45) is 5.73 Å². The fraction of sp³-hybridized carbons (Fsp3) is 0.500. The second kappa shape index (κ2) is 5.95. The van der Waals surface area contributed by atoms with E-state index in [2.05, 4.69) is 4.90 Å². The van der Waals surface area contributed by atoms with Crippen molar-refractivity contribution in [2.75, 3.05) is 13.1 Å². The molecule has 1 aromatic rings. The summed E-state index contributed by atoms with van der Waals surface area (Å²) in [4.78, 5) is 28.2. The molecule has 2 aliphatic heterocycles. The van der Waals surface area contributed by atoms with Crippen LogP contribution in [0.4, 0.5) is 0 Å². The fourth-order valence-corrected chi connectivity index (χ4v) is 3.11. The van der Waals surface area contributed by atoms with Crippen molar-refractivity contribution in [1.29, 1.82) is 0 Å². The lowest BCUT2D eigenvalue weighted by molar-refractivity contribution is -0.140. The van der Waals surface area contributed by atoms with E-state index in [1.807, 2.05) is 30.3 Å². The monoisotopic (exact) mass is 287 g/mol. The van der Waals surface area contributed by atoms with E-state index < -0.39 is 0 Å². The molecule has 5 heteroatoms. The van der Waals surface area contributed by atoms with Crippen molar-refractivity contribution in [1.82, 2.24) is 9.80 Å². The van der Waals surface area contributed by atoms with E-state index in [4.69, 9.17) is 5.73 Å². The van der Waals surface area contributed by atoms with Gasteiger partial charge in [0.1, 0.15) is 0 Å². The van der Waals surface area contributed by atoms with Crippen LogP contribution < -0.4 is 5.73 Å². The topological polar surface area (TPSA) is 66.6 Å². The highest BCUT2D eigenvalue weighted by molar-refractivity contribution is 6.05. The SMILES string of the molecule is NC1CCN([C@H]2CC(=O)N(Cc3ccccc3)C2=O)CC1. The first kappa shape index (κ1) is 14.2. The van der Waals surface area contributed by atoms with Gasteiger partial charge in [0.15, 0.2) is 0 Å². The Hall–Kier alpha value is -1.72. The number of nitrogens with two attached hydrogens (primary N) is 1. The molecule has 1 aromatic carbocycles. The van der Waals surface area contributed by atoms with Gasteiger partial charge in [-0.05, 0) is 18.4 Å². The summed E-state index contributed by atoms with van der Waals surface area (Å²) >= 11 is 0. The predicted octanol–water partition coefficient (Wildman–Crippen LogP) is 0.737. The summed E-state index contributed by atoms with van der Waals surface area (Å²) in [7, 11) is 0. The number of rotatable bonds is 3. The van der Waals surface area contributed by atoms with Gasteiger partial charge in [-0.15, -0.1) is 0 Å². The number of carbonyl (C=O) groups excluding carboxylic acids is 2. The Bertz CT molecular complexity index is 524. The molecular formula is C16H21N3O2. The highest BCUT2D eigenvalue weighted by Gasteiger charge is 2.42. The Kier molecular flexibility index (Phi) is 4.03. The van der Waals surface area contributed by atoms with E-state index in [0.717, 1.165) is 31.5 Å². The van der Waals surface area contributed by atoms with Crippen LogP contribution in [0.3, 0.4) is 0 Å². The first-order chi connectivity index (χ1) is 10.1. The third kappa shape index (κ3) is 2.99. The van der Waals surface area contributed by atoms with Gasteiger partial charge in [0.25, 0.3) is 0 Å². The molecule has 5 nitrogen and oxygen atoms in total. The average molecular weight is 287 g/mol. The lowest BCUT2D eigenvalue weighted by Gasteiger charge is -2.33. The summed E-state index contributed by atoms with van der Waals surface area (Å²) in [5.74, 6) is -0.122. The predicted molar refractivity (Wildman–Crippen MR) is 79.2 cm³/mol. The molecule has 21 heavy (non-hydrogen) atoms. The standard InChI is InChI=1S/C16H21N3O2/c17-13-6-8-18(9-7-13)14-10-15(20)19(16(14)21)11-12-4-2-1-3-5-12/h1-5,13-14H,6-11,17H2/t14-/m0/s1. The van der Waals surface area contributed by atoms with Crippen molar-refractivity contribution in [3.63, 3.8) is 0 Å². The van der Waals surface area contributed by atoms with Gasteiger partial charge in [-0.3, -0.25) is 19.4 Å². The normalized spacial score (nSPS) is 24.8. The van der Waals surface area contributed by atoms with Crippen LogP contribution in [-0.4, -0.2) is 46.8 Å². The Morgan fingerprint density at radius 1 is 1.10 bits per heavy atom. The summed E-state index contributed by atoms with van der Waals surface area (Å²) in [5.41, 5.74) is 6.88. The zero-order valence-corrected chi connectivity index (χ0v) is 12.1. The molecule has 0 aliphatic carbocycles. The minimum Gasteiger partial charge on any atom is -0.328 e. The highest BCUT2D eigenvalue weighted by Crippen LogP contribution is 2.23. The van der Waals surface area contributed by atoms with Crippen molar-refractivity contribution in [3.8, 4) is 0 Å². The molecule has 2 heterocycles. The second-order valence-electron chi connectivity index (χ2n) is 5.90. The molecule has 0 spiro atoms. The van der Waals surface area contributed by atoms with Gasteiger partial charge in [0.05, 0.1) is 19.0 Å². The van der Waals surface area contributed by atoms with Gasteiger partial charge in [-0.2, -0.15) is 0 Å². The molecule has 0 bridgehead atoms. The van der Waals surface area contributed by atoms with Gasteiger partial charge < -0.3 is 5.73 Å². The number of carbonyl (C=O) groups is 2. The van der Waals surface area contributed by atoms with Crippen LogP contribution in [0.5, 0.6) is 0 Å². The number of piperidine rings is 1. The highest BCUT2D eigenvalue weighted by atomic mass is 16.2. The van der Waals surface area contributed by atoms with Gasteiger partial charge >= 0.3 is 0 Å². The van der Waals surface area contributed by atoms with E-state index in [1.165, 1.54) is 4.90 Å². The molecule has 2 fully saturated rings. The Morgan fingerprint density at radius 2 is 1.76 bits per heavy atom. The molecular weight excluding hydrogens is 266 g/mol. The van der Waals surface area contributed by atoms with Crippen LogP contribution in [0.2, 0.25) is 0 Å². The number of hydrogen-bond acceptors (Lipinski definition) is 4. The maximum atomic E-state index is 12.5. The third-order valence-corrected chi connectivity index (χ3v) is 4.42. The lowest BCUT2D eigenvalue weighted by Crippen LogP contribution is -2.48. The van der Waals surface area contributed by atoms with Crippen LogP contribution in [0, 0.1) is 0 Å². The van der Waals surface area contributed by atoms with Crippen molar-refractivity contribution in [3.05, 3.63) is 35.9 Å². The number of imide groups is 1. The first-order valence-corrected chi connectivity index (χ1v) is 7.53. The summed E-state index contributed by atoms with van der Waals surface area (Å²) in [6.45, 7) is 2.00. The molecule has 2 N–H and O–H groups in total. The Labute approximate surface area is 124 Å². The third-order valence-electron chi connectivity index (χ3n) is 4.42. The summed E-state index contributed by atoms with van der Waals surface area (Å²) in [6, 6.07) is 9.59. The molecule has 0 aromatic heterocycles. The number of likely N-dealkylation sites (tertiary alicyclic amines) is 2. The van der Waals surface area contributed by atoms with E-state index >= 15 is 0 Å². The smallest absolute Gasteiger partial charge is 0.247 e. The maximum absolute atomic E-state index is 12.5. The molecule has 2 aliphatic rings. The average Bonchev–Trinajstić information content (AvgIpc) is 2.77. The van der Waals surface area contributed by atoms with Crippen LogP contribution in [0.15, 0.2) is 30.3 Å². The van der Waals surface area contributed by atoms with Crippen molar-refractivity contribution in [2.45, 2.75) is 37.9 Å². The largest absolute Gasteiger partial charge is 0.328 e. The second-order valence-corrected chi connectivity index (χ2v) is 5.90. The van der Waals surface area contributed by atoms with Gasteiger partial charge in [0, 0.05) is 19.1 Å². The van der Waals surface area contributed by atoms with Crippen LogP contribution in [0.1, 0.15) is 24.8 Å².